The van der Waals surface area contributed by atoms with Gasteiger partial charge in [0.15, 0.2) is 0 Å². The fourth-order valence-electron chi connectivity index (χ4n) is 1.71. The molecule has 0 spiro atoms. The Morgan fingerprint density at radius 3 is 2.50 bits per heavy atom. The van der Waals surface area contributed by atoms with Crippen molar-refractivity contribution in [3.63, 3.8) is 0 Å². The van der Waals surface area contributed by atoms with Crippen LogP contribution in [0.25, 0.3) is 0 Å². The topological polar surface area (TPSA) is 17.1 Å². The Labute approximate surface area is 86.1 Å². The van der Waals surface area contributed by atoms with Crippen molar-refractivity contribution in [1.29, 1.82) is 0 Å². The predicted octanol–water partition coefficient (Wildman–Crippen LogP) is 3.25. The number of hydrogen-bond acceptors (Lipinski definition) is 1. The average molecular weight is 190 g/mol. The molecule has 0 unspecified atom stereocenters. The zero-order chi connectivity index (χ0) is 10.7. The zero-order valence-corrected chi connectivity index (χ0v) is 9.42. The van der Waals surface area contributed by atoms with Crippen molar-refractivity contribution < 1.29 is 4.79 Å². The maximum absolute atomic E-state index is 11.0. The van der Waals surface area contributed by atoms with E-state index < -0.39 is 0 Å². The van der Waals surface area contributed by atoms with E-state index in [9.17, 15) is 4.79 Å². The van der Waals surface area contributed by atoms with Gasteiger partial charge in [-0.15, -0.1) is 0 Å². The van der Waals surface area contributed by atoms with Gasteiger partial charge in [-0.1, -0.05) is 32.0 Å². The molecule has 0 bridgehead atoms. The van der Waals surface area contributed by atoms with Crippen molar-refractivity contribution in [2.75, 3.05) is 0 Å². The lowest BCUT2D eigenvalue weighted by atomic mass is 9.94. The molecule has 1 heteroatoms. The van der Waals surface area contributed by atoms with E-state index in [0.29, 0.717) is 12.3 Å². The van der Waals surface area contributed by atoms with Crippen molar-refractivity contribution in [3.8, 4) is 0 Å². The third-order valence-electron chi connectivity index (χ3n) is 2.42. The van der Waals surface area contributed by atoms with Crippen LogP contribution < -0.4 is 0 Å². The number of ketones is 1. The summed E-state index contributed by atoms with van der Waals surface area (Å²) < 4.78 is 0. The minimum Gasteiger partial charge on any atom is -0.300 e. The molecule has 0 aromatic heterocycles. The van der Waals surface area contributed by atoms with Gasteiger partial charge in [0.2, 0.25) is 0 Å². The van der Waals surface area contributed by atoms with E-state index in [0.717, 1.165) is 5.56 Å². The maximum Gasteiger partial charge on any atom is 0.134 e. The zero-order valence-electron chi connectivity index (χ0n) is 9.42. The molecular formula is C13H18O. The van der Waals surface area contributed by atoms with Gasteiger partial charge in [-0.2, -0.15) is 0 Å². The number of aryl methyl sites for hydroxylation is 1. The molecule has 0 radical (unpaired) electrons. The van der Waals surface area contributed by atoms with Gasteiger partial charge in [-0.25, -0.2) is 0 Å². The first kappa shape index (κ1) is 11.0. The summed E-state index contributed by atoms with van der Waals surface area (Å²) >= 11 is 0. The van der Waals surface area contributed by atoms with Crippen LogP contribution in [0.5, 0.6) is 0 Å². The number of hydrogen-bond donors (Lipinski definition) is 0. The predicted molar refractivity (Wildman–Crippen MR) is 59.7 cm³/mol. The molecule has 0 heterocycles. The van der Waals surface area contributed by atoms with E-state index in [2.05, 4.69) is 32.9 Å². The second kappa shape index (κ2) is 4.41. The molecule has 0 N–H and O–H groups in total. The number of carbonyl (C=O) groups excluding carboxylic acids is 1. The SMILES string of the molecule is CC(=O)Cc1ccc(C)c(C(C)C)c1. The summed E-state index contributed by atoms with van der Waals surface area (Å²) in [5.41, 5.74) is 3.79. The normalized spacial score (nSPS) is 10.6. The molecule has 0 atom stereocenters. The number of carbonyl (C=O) groups is 1. The van der Waals surface area contributed by atoms with Gasteiger partial charge in [-0.05, 0) is 36.5 Å². The van der Waals surface area contributed by atoms with Crippen molar-refractivity contribution in [2.24, 2.45) is 0 Å². The largest absolute Gasteiger partial charge is 0.300 e. The third-order valence-corrected chi connectivity index (χ3v) is 2.42. The average Bonchev–Trinajstić information content (AvgIpc) is 2.07. The molecule has 0 saturated carbocycles. The lowest BCUT2D eigenvalue weighted by molar-refractivity contribution is -0.116. The standard InChI is InChI=1S/C13H18O/c1-9(2)13-8-12(7-11(4)14)6-5-10(13)3/h5-6,8-9H,7H2,1-4H3. The molecule has 0 saturated heterocycles. The summed E-state index contributed by atoms with van der Waals surface area (Å²) in [6.45, 7) is 8.11. The van der Waals surface area contributed by atoms with Crippen LogP contribution in [0.4, 0.5) is 0 Å². The van der Waals surface area contributed by atoms with Gasteiger partial charge in [0.25, 0.3) is 0 Å². The van der Waals surface area contributed by atoms with Crippen LogP contribution in [-0.2, 0) is 11.2 Å². The quantitative estimate of drug-likeness (QED) is 0.715. The fourth-order valence-corrected chi connectivity index (χ4v) is 1.71. The minimum atomic E-state index is 0.226. The Morgan fingerprint density at radius 2 is 2.00 bits per heavy atom. The van der Waals surface area contributed by atoms with E-state index in [4.69, 9.17) is 0 Å². The number of Topliss-reactive ketones (excluding diaryl/α,β-unsaturated/α-hetero) is 1. The third kappa shape index (κ3) is 2.69. The number of benzene rings is 1. The van der Waals surface area contributed by atoms with E-state index >= 15 is 0 Å². The van der Waals surface area contributed by atoms with E-state index in [-0.39, 0.29) is 5.78 Å². The summed E-state index contributed by atoms with van der Waals surface area (Å²) in [5.74, 6) is 0.755. The molecule has 0 aliphatic heterocycles. The van der Waals surface area contributed by atoms with E-state index in [1.54, 1.807) is 6.92 Å². The number of rotatable bonds is 3. The van der Waals surface area contributed by atoms with Crippen LogP contribution in [0.2, 0.25) is 0 Å². The van der Waals surface area contributed by atoms with Gasteiger partial charge in [0, 0.05) is 6.42 Å². The second-order valence-electron chi connectivity index (χ2n) is 4.22. The lowest BCUT2D eigenvalue weighted by Crippen LogP contribution is -1.99. The van der Waals surface area contributed by atoms with Gasteiger partial charge in [0.1, 0.15) is 5.78 Å². The van der Waals surface area contributed by atoms with Crippen molar-refractivity contribution >= 4 is 5.78 Å². The lowest BCUT2D eigenvalue weighted by Gasteiger charge is -2.11. The first-order valence-electron chi connectivity index (χ1n) is 5.09. The van der Waals surface area contributed by atoms with Gasteiger partial charge in [-0.3, -0.25) is 4.79 Å². The molecule has 1 aromatic rings. The summed E-state index contributed by atoms with van der Waals surface area (Å²) in [6.07, 6.45) is 0.556. The van der Waals surface area contributed by atoms with Crippen LogP contribution in [-0.4, -0.2) is 5.78 Å². The van der Waals surface area contributed by atoms with Crippen LogP contribution in [0.15, 0.2) is 18.2 Å². The molecule has 1 nitrogen and oxygen atoms in total. The highest BCUT2D eigenvalue weighted by atomic mass is 16.1. The fraction of sp³-hybridized carbons (Fsp3) is 0.462. The molecular weight excluding hydrogens is 172 g/mol. The molecule has 14 heavy (non-hydrogen) atoms. The van der Waals surface area contributed by atoms with Gasteiger partial charge >= 0.3 is 0 Å². The summed E-state index contributed by atoms with van der Waals surface area (Å²) in [6, 6.07) is 6.30. The molecule has 1 rings (SSSR count). The first-order valence-corrected chi connectivity index (χ1v) is 5.09. The molecule has 1 aromatic carbocycles. The van der Waals surface area contributed by atoms with Gasteiger partial charge in [0.05, 0.1) is 0 Å². The Kier molecular flexibility index (Phi) is 3.45. The first-order chi connectivity index (χ1) is 6.50. The molecule has 0 aliphatic rings. The summed E-state index contributed by atoms with van der Waals surface area (Å²) in [4.78, 5) is 11.0. The Bertz CT molecular complexity index is 337. The Morgan fingerprint density at radius 1 is 1.36 bits per heavy atom. The second-order valence-corrected chi connectivity index (χ2v) is 4.22. The van der Waals surface area contributed by atoms with Crippen molar-refractivity contribution in [3.05, 3.63) is 34.9 Å². The minimum absolute atomic E-state index is 0.226. The van der Waals surface area contributed by atoms with E-state index in [1.165, 1.54) is 11.1 Å². The highest BCUT2D eigenvalue weighted by molar-refractivity contribution is 5.78. The van der Waals surface area contributed by atoms with Crippen molar-refractivity contribution in [1.82, 2.24) is 0 Å². The smallest absolute Gasteiger partial charge is 0.134 e. The summed E-state index contributed by atoms with van der Waals surface area (Å²) in [7, 11) is 0. The van der Waals surface area contributed by atoms with E-state index in [1.807, 2.05) is 6.07 Å². The van der Waals surface area contributed by atoms with Crippen molar-refractivity contribution in [2.45, 2.75) is 40.0 Å². The molecule has 76 valence electrons. The van der Waals surface area contributed by atoms with Gasteiger partial charge < -0.3 is 0 Å². The Balaban J connectivity index is 3.00. The monoisotopic (exact) mass is 190 g/mol. The molecule has 0 fully saturated rings. The summed E-state index contributed by atoms with van der Waals surface area (Å²) in [5, 5.41) is 0. The van der Waals surface area contributed by atoms with Crippen LogP contribution >= 0.6 is 0 Å². The highest BCUT2D eigenvalue weighted by Gasteiger charge is 2.05. The molecule has 0 amide bonds. The van der Waals surface area contributed by atoms with Crippen LogP contribution in [0.1, 0.15) is 43.4 Å². The Hall–Kier alpha value is -1.11. The molecule has 0 aliphatic carbocycles. The maximum atomic E-state index is 11.0. The highest BCUT2D eigenvalue weighted by Crippen LogP contribution is 2.20. The van der Waals surface area contributed by atoms with Crippen LogP contribution in [0.3, 0.4) is 0 Å². The van der Waals surface area contributed by atoms with Crippen LogP contribution in [0, 0.1) is 6.92 Å².